The number of aromatic nitrogens is 1. The van der Waals surface area contributed by atoms with Crippen LogP contribution in [0, 0.1) is 5.41 Å². The number of carbonyl (C=O) groups excluding carboxylic acids is 1. The number of pyridine rings is 1. The molecule has 5 nitrogen and oxygen atoms in total. The molecular weight excluding hydrogens is 328 g/mol. The van der Waals surface area contributed by atoms with Crippen molar-refractivity contribution in [2.24, 2.45) is 5.41 Å². The Morgan fingerprint density at radius 2 is 2.04 bits per heavy atom. The molecule has 1 aromatic heterocycles. The molecule has 0 bridgehead atoms. The Balaban J connectivity index is 1.89. The molecule has 1 aromatic carbocycles. The summed E-state index contributed by atoms with van der Waals surface area (Å²) in [7, 11) is 0. The van der Waals surface area contributed by atoms with Crippen LogP contribution in [0.15, 0.2) is 48.8 Å². The van der Waals surface area contributed by atoms with Crippen LogP contribution in [0.2, 0.25) is 0 Å². The first-order valence-electron chi connectivity index (χ1n) is 9.13. The summed E-state index contributed by atoms with van der Waals surface area (Å²) in [6.45, 7) is 3.11. The predicted molar refractivity (Wildman–Crippen MR) is 101 cm³/mol. The van der Waals surface area contributed by atoms with Gasteiger partial charge in [0.25, 0.3) is 0 Å². The van der Waals surface area contributed by atoms with Gasteiger partial charge in [-0.15, -0.1) is 0 Å². The van der Waals surface area contributed by atoms with Crippen LogP contribution in [0.25, 0.3) is 11.1 Å². The summed E-state index contributed by atoms with van der Waals surface area (Å²) in [5.74, 6) is 0.00249. The first-order chi connectivity index (χ1) is 12.6. The molecule has 0 spiro atoms. The lowest BCUT2D eigenvalue weighted by molar-refractivity contribution is -0.137. The van der Waals surface area contributed by atoms with E-state index in [2.05, 4.69) is 22.4 Å². The number of hydrogen-bond acceptors (Lipinski definition) is 4. The van der Waals surface area contributed by atoms with Gasteiger partial charge in [-0.2, -0.15) is 0 Å². The third-order valence-corrected chi connectivity index (χ3v) is 5.01. The fourth-order valence-electron chi connectivity index (χ4n) is 3.52. The van der Waals surface area contributed by atoms with Crippen molar-refractivity contribution in [2.45, 2.75) is 32.3 Å². The molecule has 0 aliphatic carbocycles. The number of nitrogens with one attached hydrogen (secondary N) is 1. The van der Waals surface area contributed by atoms with Gasteiger partial charge in [0.1, 0.15) is 0 Å². The third kappa shape index (κ3) is 4.29. The highest BCUT2D eigenvalue weighted by Gasteiger charge is 2.40. The van der Waals surface area contributed by atoms with Gasteiger partial charge in [0, 0.05) is 37.7 Å². The van der Waals surface area contributed by atoms with E-state index in [0.29, 0.717) is 32.5 Å². The molecule has 3 rings (SSSR count). The van der Waals surface area contributed by atoms with Gasteiger partial charge in [-0.25, -0.2) is 0 Å². The topological polar surface area (TPSA) is 71.5 Å². The average molecular weight is 354 g/mol. The highest BCUT2D eigenvalue weighted by Crippen LogP contribution is 2.37. The van der Waals surface area contributed by atoms with Gasteiger partial charge in [0.05, 0.1) is 11.5 Å². The van der Waals surface area contributed by atoms with Crippen molar-refractivity contribution in [1.29, 1.82) is 0 Å². The van der Waals surface area contributed by atoms with Crippen LogP contribution in [0.5, 0.6) is 0 Å². The van der Waals surface area contributed by atoms with Crippen molar-refractivity contribution in [3.63, 3.8) is 0 Å². The quantitative estimate of drug-likeness (QED) is 0.836. The lowest BCUT2D eigenvalue weighted by atomic mass is 9.73. The summed E-state index contributed by atoms with van der Waals surface area (Å²) < 4.78 is 5.51. The third-order valence-electron chi connectivity index (χ3n) is 5.01. The molecule has 2 N–H and O–H groups in total. The Bertz CT molecular complexity index is 725. The molecule has 1 saturated heterocycles. The monoisotopic (exact) mass is 354 g/mol. The Hall–Kier alpha value is -2.24. The van der Waals surface area contributed by atoms with Crippen LogP contribution < -0.4 is 5.32 Å². The van der Waals surface area contributed by atoms with E-state index in [0.717, 1.165) is 16.7 Å². The molecule has 0 unspecified atom stereocenters. The maximum absolute atomic E-state index is 13.0. The van der Waals surface area contributed by atoms with E-state index in [-0.39, 0.29) is 12.5 Å². The summed E-state index contributed by atoms with van der Waals surface area (Å²) in [6, 6.07) is 12.1. The second-order valence-electron chi connectivity index (χ2n) is 7.03. The smallest absolute Gasteiger partial charge is 0.226 e. The summed E-state index contributed by atoms with van der Waals surface area (Å²) >= 11 is 0. The molecule has 1 aliphatic heterocycles. The van der Waals surface area contributed by atoms with Gasteiger partial charge in [-0.1, -0.05) is 30.3 Å². The molecule has 1 atom stereocenters. The van der Waals surface area contributed by atoms with Crippen molar-refractivity contribution in [3.8, 4) is 11.1 Å². The minimum atomic E-state index is -0.557. The first kappa shape index (κ1) is 18.5. The standard InChI is InChI=1S/C21H26N2O3/c1-16(24)14-23-20(25)21(8-11-26-12-9-21)13-17-5-2-3-7-19(17)18-6-4-10-22-15-18/h2-7,10,15-16,24H,8-9,11-14H2,1H3,(H,23,25)/t16-/m1/s1. The van der Waals surface area contributed by atoms with E-state index >= 15 is 0 Å². The van der Waals surface area contributed by atoms with Gasteiger partial charge in [-0.05, 0) is 43.4 Å². The number of carbonyl (C=O) groups is 1. The molecule has 1 fully saturated rings. The first-order valence-corrected chi connectivity index (χ1v) is 9.13. The molecule has 1 amide bonds. The second-order valence-corrected chi connectivity index (χ2v) is 7.03. The highest BCUT2D eigenvalue weighted by atomic mass is 16.5. The summed E-state index contributed by atoms with van der Waals surface area (Å²) in [4.78, 5) is 17.2. The zero-order chi connectivity index (χ0) is 18.4. The molecule has 0 saturated carbocycles. The van der Waals surface area contributed by atoms with Crippen molar-refractivity contribution in [3.05, 3.63) is 54.4 Å². The Labute approximate surface area is 154 Å². The van der Waals surface area contributed by atoms with Gasteiger partial charge < -0.3 is 15.2 Å². The number of aliphatic hydroxyl groups is 1. The predicted octanol–water partition coefficient (Wildman–Crippen LogP) is 2.58. The zero-order valence-corrected chi connectivity index (χ0v) is 15.1. The van der Waals surface area contributed by atoms with Crippen molar-refractivity contribution < 1.29 is 14.6 Å². The molecular formula is C21H26N2O3. The van der Waals surface area contributed by atoms with Crippen molar-refractivity contribution in [1.82, 2.24) is 10.3 Å². The van der Waals surface area contributed by atoms with Crippen LogP contribution in [0.3, 0.4) is 0 Å². The van der Waals surface area contributed by atoms with Crippen LogP contribution >= 0.6 is 0 Å². The molecule has 138 valence electrons. The normalized spacial score (nSPS) is 17.5. The number of benzene rings is 1. The van der Waals surface area contributed by atoms with E-state index in [9.17, 15) is 9.90 Å². The minimum absolute atomic E-state index is 0.00249. The van der Waals surface area contributed by atoms with E-state index in [1.807, 2.05) is 30.5 Å². The lowest BCUT2D eigenvalue weighted by Gasteiger charge is -2.36. The van der Waals surface area contributed by atoms with Crippen molar-refractivity contribution >= 4 is 5.91 Å². The van der Waals surface area contributed by atoms with Gasteiger partial charge >= 0.3 is 0 Å². The van der Waals surface area contributed by atoms with Crippen LogP contribution in [-0.2, 0) is 16.0 Å². The highest BCUT2D eigenvalue weighted by molar-refractivity contribution is 5.83. The zero-order valence-electron chi connectivity index (χ0n) is 15.1. The van der Waals surface area contributed by atoms with Gasteiger partial charge in [0.15, 0.2) is 0 Å². The SMILES string of the molecule is C[C@@H](O)CNC(=O)C1(Cc2ccccc2-c2cccnc2)CCOCC1. The molecule has 1 aliphatic rings. The van der Waals surface area contributed by atoms with Crippen LogP contribution in [0.4, 0.5) is 0 Å². The number of rotatable bonds is 6. The molecule has 26 heavy (non-hydrogen) atoms. The van der Waals surface area contributed by atoms with Gasteiger partial charge in [0.2, 0.25) is 5.91 Å². The number of nitrogens with zero attached hydrogens (tertiary/aromatic N) is 1. The fraction of sp³-hybridized carbons (Fsp3) is 0.429. The van der Waals surface area contributed by atoms with E-state index in [4.69, 9.17) is 4.74 Å². The molecule has 0 radical (unpaired) electrons. The van der Waals surface area contributed by atoms with Crippen LogP contribution in [-0.4, -0.2) is 41.9 Å². The molecule has 5 heteroatoms. The maximum atomic E-state index is 13.0. The lowest BCUT2D eigenvalue weighted by Crippen LogP contribution is -2.47. The Morgan fingerprint density at radius 1 is 1.27 bits per heavy atom. The summed E-state index contributed by atoms with van der Waals surface area (Å²) in [6.07, 6.45) is 5.06. The second kappa shape index (κ2) is 8.43. The van der Waals surface area contributed by atoms with E-state index in [1.165, 1.54) is 0 Å². The largest absolute Gasteiger partial charge is 0.392 e. The van der Waals surface area contributed by atoms with E-state index in [1.54, 1.807) is 13.1 Å². The summed E-state index contributed by atoms with van der Waals surface area (Å²) in [5, 5.41) is 12.4. The number of amides is 1. The number of aliphatic hydroxyl groups excluding tert-OH is 1. The summed E-state index contributed by atoms with van der Waals surface area (Å²) in [5.41, 5.74) is 2.78. The van der Waals surface area contributed by atoms with Crippen LogP contribution in [0.1, 0.15) is 25.3 Å². The van der Waals surface area contributed by atoms with E-state index < -0.39 is 11.5 Å². The molecule has 2 aromatic rings. The number of hydrogen-bond donors (Lipinski definition) is 2. The van der Waals surface area contributed by atoms with Crippen molar-refractivity contribution in [2.75, 3.05) is 19.8 Å². The minimum Gasteiger partial charge on any atom is -0.392 e. The Morgan fingerprint density at radius 3 is 2.73 bits per heavy atom. The number of ether oxygens (including phenoxy) is 1. The van der Waals surface area contributed by atoms with Gasteiger partial charge in [-0.3, -0.25) is 9.78 Å². The fourth-order valence-corrected chi connectivity index (χ4v) is 3.52. The maximum Gasteiger partial charge on any atom is 0.226 e. The molecule has 2 heterocycles. The average Bonchev–Trinajstić information content (AvgIpc) is 2.68. The Kier molecular flexibility index (Phi) is 6.01.